The van der Waals surface area contributed by atoms with Crippen LogP contribution in [0.3, 0.4) is 0 Å². The van der Waals surface area contributed by atoms with E-state index in [0.29, 0.717) is 5.02 Å². The van der Waals surface area contributed by atoms with Crippen LogP contribution in [-0.4, -0.2) is 27.6 Å². The molecule has 1 rings (SSSR count). The molecule has 84 valence electrons. The first-order valence-electron chi connectivity index (χ1n) is 4.71. The molecule has 4 heteroatoms. The Labute approximate surface area is 95.3 Å². The molecule has 0 aliphatic carbocycles. The number of hydrogen-bond donors (Lipinski definition) is 1. The van der Waals surface area contributed by atoms with Crippen molar-refractivity contribution in [3.05, 3.63) is 34.9 Å². The van der Waals surface area contributed by atoms with Crippen molar-refractivity contribution < 1.29 is 9.47 Å². The molecule has 0 spiro atoms. The van der Waals surface area contributed by atoms with Crippen LogP contribution in [-0.2, 0) is 9.47 Å². The first-order valence-corrected chi connectivity index (χ1v) is 5.09. The highest BCUT2D eigenvalue weighted by atomic mass is 35.5. The summed E-state index contributed by atoms with van der Waals surface area (Å²) < 4.78 is 10.4. The third-order valence-corrected chi connectivity index (χ3v) is 2.63. The van der Waals surface area contributed by atoms with Crippen LogP contribution in [0.1, 0.15) is 11.6 Å². The molecule has 1 N–H and O–H groups in total. The van der Waals surface area contributed by atoms with E-state index in [1.165, 1.54) is 0 Å². The van der Waals surface area contributed by atoms with Gasteiger partial charge in [-0.15, -0.1) is 0 Å². The van der Waals surface area contributed by atoms with E-state index in [1.807, 2.05) is 31.3 Å². The van der Waals surface area contributed by atoms with Crippen LogP contribution < -0.4 is 5.32 Å². The Hall–Kier alpha value is -0.610. The second-order valence-corrected chi connectivity index (χ2v) is 3.53. The fraction of sp³-hybridized carbons (Fsp3) is 0.455. The van der Waals surface area contributed by atoms with Crippen molar-refractivity contribution in [2.75, 3.05) is 21.3 Å². The summed E-state index contributed by atoms with van der Waals surface area (Å²) in [5, 5.41) is 3.83. The third-order valence-electron chi connectivity index (χ3n) is 2.29. The Morgan fingerprint density at radius 2 is 1.80 bits per heavy atom. The van der Waals surface area contributed by atoms with E-state index in [9.17, 15) is 0 Å². The van der Waals surface area contributed by atoms with Gasteiger partial charge in [0.15, 0.2) is 6.29 Å². The van der Waals surface area contributed by atoms with Gasteiger partial charge in [-0.3, -0.25) is 0 Å². The number of rotatable bonds is 5. The monoisotopic (exact) mass is 229 g/mol. The molecule has 1 atom stereocenters. The van der Waals surface area contributed by atoms with Gasteiger partial charge in [0, 0.05) is 19.2 Å². The molecule has 1 aromatic carbocycles. The molecule has 0 amide bonds. The summed E-state index contributed by atoms with van der Waals surface area (Å²) in [6, 6.07) is 7.56. The van der Waals surface area contributed by atoms with Gasteiger partial charge in [0.25, 0.3) is 0 Å². The number of ether oxygens (including phenoxy) is 2. The van der Waals surface area contributed by atoms with Gasteiger partial charge >= 0.3 is 0 Å². The van der Waals surface area contributed by atoms with Gasteiger partial charge in [-0.2, -0.15) is 0 Å². The molecule has 15 heavy (non-hydrogen) atoms. The highest BCUT2D eigenvalue weighted by Crippen LogP contribution is 2.26. The van der Waals surface area contributed by atoms with E-state index >= 15 is 0 Å². The molecule has 0 saturated heterocycles. The normalized spacial score (nSPS) is 13.1. The summed E-state index contributed by atoms with van der Waals surface area (Å²) >= 11 is 6.10. The van der Waals surface area contributed by atoms with Crippen LogP contribution in [0.5, 0.6) is 0 Å². The van der Waals surface area contributed by atoms with Crippen LogP contribution >= 0.6 is 11.6 Å². The largest absolute Gasteiger partial charge is 0.354 e. The predicted molar refractivity (Wildman–Crippen MR) is 61.1 cm³/mol. The van der Waals surface area contributed by atoms with Crippen molar-refractivity contribution in [1.82, 2.24) is 5.32 Å². The summed E-state index contributed by atoms with van der Waals surface area (Å²) in [6.45, 7) is 0. The van der Waals surface area contributed by atoms with Crippen molar-refractivity contribution in [3.8, 4) is 0 Å². The average molecular weight is 230 g/mol. The van der Waals surface area contributed by atoms with Crippen molar-refractivity contribution in [2.24, 2.45) is 0 Å². The zero-order chi connectivity index (χ0) is 11.3. The smallest absolute Gasteiger partial charge is 0.176 e. The highest BCUT2D eigenvalue weighted by Gasteiger charge is 2.22. The van der Waals surface area contributed by atoms with Crippen LogP contribution in [0.25, 0.3) is 0 Å². The van der Waals surface area contributed by atoms with Gasteiger partial charge in [0.1, 0.15) is 0 Å². The van der Waals surface area contributed by atoms with Crippen LogP contribution in [0.2, 0.25) is 5.02 Å². The summed E-state index contributed by atoms with van der Waals surface area (Å²) in [5.74, 6) is 0. The Balaban J connectivity index is 2.96. The molecular formula is C11H16ClNO2. The van der Waals surface area contributed by atoms with Gasteiger partial charge in [0.2, 0.25) is 0 Å². The van der Waals surface area contributed by atoms with Gasteiger partial charge in [-0.1, -0.05) is 29.8 Å². The predicted octanol–water partition coefficient (Wildman–Crippen LogP) is 2.22. The van der Waals surface area contributed by atoms with E-state index in [1.54, 1.807) is 14.2 Å². The third kappa shape index (κ3) is 2.92. The molecule has 1 aromatic rings. The number of nitrogens with one attached hydrogen (secondary N) is 1. The second-order valence-electron chi connectivity index (χ2n) is 3.13. The topological polar surface area (TPSA) is 30.5 Å². The maximum absolute atomic E-state index is 6.10. The Morgan fingerprint density at radius 1 is 1.20 bits per heavy atom. The standard InChI is InChI=1S/C11H16ClNO2/c1-13-10(11(14-2)15-3)8-6-4-5-7-9(8)12/h4-7,10-11,13H,1-3H3. The first kappa shape index (κ1) is 12.5. The first-order chi connectivity index (χ1) is 7.24. The summed E-state index contributed by atoms with van der Waals surface area (Å²) in [6.07, 6.45) is -0.352. The van der Waals surface area contributed by atoms with Gasteiger partial charge in [0.05, 0.1) is 6.04 Å². The lowest BCUT2D eigenvalue weighted by Crippen LogP contribution is -2.32. The van der Waals surface area contributed by atoms with Gasteiger partial charge in [-0.25, -0.2) is 0 Å². The number of hydrogen-bond acceptors (Lipinski definition) is 3. The van der Waals surface area contributed by atoms with E-state index in [-0.39, 0.29) is 12.3 Å². The Morgan fingerprint density at radius 3 is 2.27 bits per heavy atom. The molecule has 0 fully saturated rings. The van der Waals surface area contributed by atoms with Crippen molar-refractivity contribution in [2.45, 2.75) is 12.3 Å². The molecule has 0 aliphatic rings. The molecule has 0 radical (unpaired) electrons. The summed E-state index contributed by atoms with van der Waals surface area (Å²) in [7, 11) is 5.06. The van der Waals surface area contributed by atoms with Crippen molar-refractivity contribution in [1.29, 1.82) is 0 Å². The zero-order valence-electron chi connectivity index (χ0n) is 9.16. The molecule has 0 aromatic heterocycles. The van der Waals surface area contributed by atoms with E-state index in [4.69, 9.17) is 21.1 Å². The van der Waals surface area contributed by atoms with Crippen molar-refractivity contribution >= 4 is 11.6 Å². The average Bonchev–Trinajstić information content (AvgIpc) is 2.27. The maximum Gasteiger partial charge on any atom is 0.176 e. The number of halogens is 1. The minimum absolute atomic E-state index is 0.0753. The molecule has 0 heterocycles. The molecular weight excluding hydrogens is 214 g/mol. The van der Waals surface area contributed by atoms with Crippen molar-refractivity contribution in [3.63, 3.8) is 0 Å². The lowest BCUT2D eigenvalue weighted by molar-refractivity contribution is -0.123. The lowest BCUT2D eigenvalue weighted by atomic mass is 10.1. The molecule has 0 aliphatic heterocycles. The highest BCUT2D eigenvalue weighted by molar-refractivity contribution is 6.31. The van der Waals surface area contributed by atoms with Crippen LogP contribution in [0.15, 0.2) is 24.3 Å². The Bertz CT molecular complexity index is 302. The maximum atomic E-state index is 6.10. The van der Waals surface area contributed by atoms with E-state index in [2.05, 4.69) is 5.32 Å². The minimum atomic E-state index is -0.352. The molecule has 1 unspecified atom stereocenters. The number of likely N-dealkylation sites (N-methyl/N-ethyl adjacent to an activating group) is 1. The quantitative estimate of drug-likeness (QED) is 0.786. The van der Waals surface area contributed by atoms with Crippen LogP contribution in [0, 0.1) is 0 Å². The lowest BCUT2D eigenvalue weighted by Gasteiger charge is -2.25. The molecule has 0 bridgehead atoms. The van der Waals surface area contributed by atoms with Gasteiger partial charge in [-0.05, 0) is 18.7 Å². The second kappa shape index (κ2) is 6.08. The van der Waals surface area contributed by atoms with Crippen LogP contribution in [0.4, 0.5) is 0 Å². The Kier molecular flexibility index (Phi) is 5.05. The SMILES string of the molecule is CNC(c1ccccc1Cl)C(OC)OC. The molecule has 0 saturated carbocycles. The fourth-order valence-corrected chi connectivity index (χ4v) is 1.79. The van der Waals surface area contributed by atoms with E-state index < -0.39 is 0 Å². The zero-order valence-corrected chi connectivity index (χ0v) is 9.91. The number of methoxy groups -OCH3 is 2. The number of benzene rings is 1. The summed E-state index contributed by atoms with van der Waals surface area (Å²) in [4.78, 5) is 0. The van der Waals surface area contributed by atoms with Gasteiger partial charge < -0.3 is 14.8 Å². The molecule has 3 nitrogen and oxygen atoms in total. The fourth-order valence-electron chi connectivity index (χ4n) is 1.53. The summed E-state index contributed by atoms with van der Waals surface area (Å²) in [5.41, 5.74) is 0.968. The van der Waals surface area contributed by atoms with E-state index in [0.717, 1.165) is 5.56 Å². The minimum Gasteiger partial charge on any atom is -0.354 e.